The smallest absolute Gasteiger partial charge is 0.270 e. The van der Waals surface area contributed by atoms with Crippen molar-refractivity contribution in [1.82, 2.24) is 10.3 Å². The average Bonchev–Trinajstić information content (AvgIpc) is 3.27. The maximum absolute atomic E-state index is 12.1. The van der Waals surface area contributed by atoms with Crippen molar-refractivity contribution in [3.63, 3.8) is 0 Å². The lowest BCUT2D eigenvalue weighted by molar-refractivity contribution is 0.0946. The Morgan fingerprint density at radius 1 is 1.27 bits per heavy atom. The summed E-state index contributed by atoms with van der Waals surface area (Å²) < 4.78 is 0. The number of aromatic nitrogens is 1. The third-order valence-corrected chi connectivity index (χ3v) is 3.90. The van der Waals surface area contributed by atoms with Gasteiger partial charge in [-0.05, 0) is 56.0 Å². The van der Waals surface area contributed by atoms with Gasteiger partial charge in [-0.1, -0.05) is 17.7 Å². The molecule has 1 amide bonds. The van der Waals surface area contributed by atoms with Crippen molar-refractivity contribution in [2.45, 2.75) is 32.7 Å². The number of nitrogens with one attached hydrogen (secondary N) is 2. The summed E-state index contributed by atoms with van der Waals surface area (Å²) in [6, 6.07) is 7.87. The Labute approximate surface area is 134 Å². The molecule has 1 aromatic heterocycles. The molecule has 1 aliphatic rings. The molecule has 0 spiro atoms. The highest BCUT2D eigenvalue weighted by atomic mass is 35.5. The number of anilines is 2. The van der Waals surface area contributed by atoms with Gasteiger partial charge in [0.05, 0.1) is 10.7 Å². The summed E-state index contributed by atoms with van der Waals surface area (Å²) in [5, 5.41) is 6.88. The number of hydrogen-bond acceptors (Lipinski definition) is 3. The lowest BCUT2D eigenvalue weighted by Gasteiger charge is -2.13. The summed E-state index contributed by atoms with van der Waals surface area (Å²) in [5.74, 6) is -0.127. The van der Waals surface area contributed by atoms with E-state index in [0.29, 0.717) is 16.8 Å². The summed E-state index contributed by atoms with van der Waals surface area (Å²) >= 11 is 6.31. The Bertz CT molecular complexity index is 703. The number of nitrogens with zero attached hydrogens (tertiary/aromatic N) is 1. The van der Waals surface area contributed by atoms with Gasteiger partial charge in [-0.25, -0.2) is 0 Å². The number of rotatable bonds is 4. The summed E-state index contributed by atoms with van der Waals surface area (Å²) in [5.41, 5.74) is 4.24. The van der Waals surface area contributed by atoms with Gasteiger partial charge in [0.15, 0.2) is 0 Å². The van der Waals surface area contributed by atoms with E-state index in [4.69, 9.17) is 11.6 Å². The lowest BCUT2D eigenvalue weighted by atomic mass is 10.1. The molecule has 0 bridgehead atoms. The predicted molar refractivity (Wildman–Crippen MR) is 88.9 cm³/mol. The predicted octanol–water partition coefficient (Wildman–Crippen LogP) is 3.99. The average molecular weight is 316 g/mol. The van der Waals surface area contributed by atoms with Crippen LogP contribution in [0.5, 0.6) is 0 Å². The number of amides is 1. The van der Waals surface area contributed by atoms with Crippen LogP contribution >= 0.6 is 11.6 Å². The Morgan fingerprint density at radius 3 is 2.73 bits per heavy atom. The van der Waals surface area contributed by atoms with E-state index in [1.54, 1.807) is 12.3 Å². The first-order valence-corrected chi connectivity index (χ1v) is 7.71. The second kappa shape index (κ2) is 5.97. The monoisotopic (exact) mass is 315 g/mol. The van der Waals surface area contributed by atoms with Crippen LogP contribution in [0, 0.1) is 13.8 Å². The maximum Gasteiger partial charge on any atom is 0.270 e. The zero-order valence-corrected chi connectivity index (χ0v) is 13.4. The van der Waals surface area contributed by atoms with E-state index in [1.807, 2.05) is 26.0 Å². The molecule has 1 saturated carbocycles. The highest BCUT2D eigenvalue weighted by Gasteiger charge is 2.24. The third-order valence-electron chi connectivity index (χ3n) is 3.61. The normalized spacial score (nSPS) is 13.8. The molecule has 4 nitrogen and oxygen atoms in total. The second-order valence-electron chi connectivity index (χ2n) is 5.74. The van der Waals surface area contributed by atoms with Gasteiger partial charge in [0.1, 0.15) is 5.69 Å². The number of pyridine rings is 1. The van der Waals surface area contributed by atoms with Gasteiger partial charge in [0, 0.05) is 17.9 Å². The van der Waals surface area contributed by atoms with Crippen LogP contribution in [0.2, 0.25) is 5.02 Å². The zero-order valence-electron chi connectivity index (χ0n) is 12.6. The summed E-state index contributed by atoms with van der Waals surface area (Å²) in [7, 11) is 0. The van der Waals surface area contributed by atoms with Crippen molar-refractivity contribution in [3.8, 4) is 0 Å². The number of carbonyl (C=O) groups is 1. The van der Waals surface area contributed by atoms with Crippen LogP contribution in [0.1, 0.15) is 34.5 Å². The molecule has 0 aliphatic heterocycles. The minimum Gasteiger partial charge on any atom is -0.354 e. The third kappa shape index (κ3) is 3.39. The van der Waals surface area contributed by atoms with Crippen molar-refractivity contribution < 1.29 is 4.79 Å². The maximum atomic E-state index is 12.1. The van der Waals surface area contributed by atoms with E-state index in [2.05, 4.69) is 21.7 Å². The van der Waals surface area contributed by atoms with E-state index in [-0.39, 0.29) is 5.91 Å². The van der Waals surface area contributed by atoms with E-state index in [9.17, 15) is 4.79 Å². The first kappa shape index (κ1) is 14.9. The molecule has 5 heteroatoms. The fourth-order valence-corrected chi connectivity index (χ4v) is 2.71. The molecule has 0 unspecified atom stereocenters. The molecule has 0 saturated heterocycles. The molecule has 22 heavy (non-hydrogen) atoms. The molecule has 0 radical (unpaired) electrons. The zero-order chi connectivity index (χ0) is 15.7. The SMILES string of the molecule is Cc1cc(C)c(Nc2ccnc(C(=O)NC3CC3)c2)c(Cl)c1. The van der Waals surface area contributed by atoms with Crippen LogP contribution in [-0.2, 0) is 0 Å². The van der Waals surface area contributed by atoms with E-state index >= 15 is 0 Å². The summed E-state index contributed by atoms with van der Waals surface area (Å²) in [6.45, 7) is 4.01. The molecule has 1 heterocycles. The van der Waals surface area contributed by atoms with Crippen molar-refractivity contribution in [2.24, 2.45) is 0 Å². The summed E-state index contributed by atoms with van der Waals surface area (Å²) in [4.78, 5) is 16.2. The van der Waals surface area contributed by atoms with Gasteiger partial charge < -0.3 is 10.6 Å². The number of aryl methyl sites for hydroxylation is 2. The first-order valence-electron chi connectivity index (χ1n) is 7.33. The van der Waals surface area contributed by atoms with Gasteiger partial charge in [0.2, 0.25) is 0 Å². The molecular formula is C17H18ClN3O. The quantitative estimate of drug-likeness (QED) is 0.897. The van der Waals surface area contributed by atoms with E-state index < -0.39 is 0 Å². The second-order valence-corrected chi connectivity index (χ2v) is 6.15. The Hall–Kier alpha value is -2.07. The minimum absolute atomic E-state index is 0.127. The van der Waals surface area contributed by atoms with E-state index in [0.717, 1.165) is 35.3 Å². The molecule has 1 fully saturated rings. The molecule has 1 aromatic carbocycles. The Balaban J connectivity index is 1.82. The van der Waals surface area contributed by atoms with Gasteiger partial charge in [0.25, 0.3) is 5.91 Å². The number of halogens is 1. The fraction of sp³-hybridized carbons (Fsp3) is 0.294. The van der Waals surface area contributed by atoms with Crippen molar-refractivity contribution >= 4 is 28.9 Å². The van der Waals surface area contributed by atoms with Gasteiger partial charge in [-0.2, -0.15) is 0 Å². The van der Waals surface area contributed by atoms with Crippen molar-refractivity contribution in [2.75, 3.05) is 5.32 Å². The Morgan fingerprint density at radius 2 is 2.05 bits per heavy atom. The highest BCUT2D eigenvalue weighted by molar-refractivity contribution is 6.33. The topological polar surface area (TPSA) is 54.0 Å². The fourth-order valence-electron chi connectivity index (χ4n) is 2.34. The molecule has 0 atom stereocenters. The number of carbonyl (C=O) groups excluding carboxylic acids is 1. The molecule has 2 aromatic rings. The van der Waals surface area contributed by atoms with Gasteiger partial charge in [-0.3, -0.25) is 9.78 Å². The molecule has 2 N–H and O–H groups in total. The van der Waals surface area contributed by atoms with Crippen LogP contribution in [-0.4, -0.2) is 16.9 Å². The van der Waals surface area contributed by atoms with Gasteiger partial charge >= 0.3 is 0 Å². The highest BCUT2D eigenvalue weighted by Crippen LogP contribution is 2.30. The lowest BCUT2D eigenvalue weighted by Crippen LogP contribution is -2.26. The van der Waals surface area contributed by atoms with Crippen LogP contribution in [0.25, 0.3) is 0 Å². The molecule has 3 rings (SSSR count). The van der Waals surface area contributed by atoms with Crippen LogP contribution in [0.15, 0.2) is 30.5 Å². The van der Waals surface area contributed by atoms with Crippen molar-refractivity contribution in [3.05, 3.63) is 52.3 Å². The van der Waals surface area contributed by atoms with Crippen molar-refractivity contribution in [1.29, 1.82) is 0 Å². The van der Waals surface area contributed by atoms with Gasteiger partial charge in [-0.15, -0.1) is 0 Å². The molecule has 114 valence electrons. The van der Waals surface area contributed by atoms with Crippen LogP contribution in [0.4, 0.5) is 11.4 Å². The Kier molecular flexibility index (Phi) is 4.03. The first-order chi connectivity index (χ1) is 10.5. The summed E-state index contributed by atoms with van der Waals surface area (Å²) in [6.07, 6.45) is 3.74. The molecule has 1 aliphatic carbocycles. The largest absolute Gasteiger partial charge is 0.354 e. The van der Waals surface area contributed by atoms with E-state index in [1.165, 1.54) is 0 Å². The van der Waals surface area contributed by atoms with Crippen LogP contribution in [0.3, 0.4) is 0 Å². The number of benzene rings is 1. The minimum atomic E-state index is -0.127. The number of hydrogen-bond donors (Lipinski definition) is 2. The van der Waals surface area contributed by atoms with Crippen LogP contribution < -0.4 is 10.6 Å². The molecular weight excluding hydrogens is 298 g/mol. The standard InChI is InChI=1S/C17H18ClN3O/c1-10-7-11(2)16(14(18)8-10)20-13-5-6-19-15(9-13)17(22)21-12-3-4-12/h5-9,12H,3-4H2,1-2H3,(H,19,20)(H,21,22).